The molecule has 0 unspecified atom stereocenters. The van der Waals surface area contributed by atoms with Gasteiger partial charge in [-0.1, -0.05) is 0 Å². The highest BCUT2D eigenvalue weighted by Gasteiger charge is 2.07. The number of nitrogens with zero attached hydrogens (tertiary/aromatic N) is 5. The molecule has 0 bridgehead atoms. The molecule has 5 nitrogen and oxygen atoms in total. The third-order valence-corrected chi connectivity index (χ3v) is 2.87. The Morgan fingerprint density at radius 2 is 2.27 bits per heavy atom. The maximum Gasteiger partial charge on any atom is 0.195 e. The number of aryl methyl sites for hydroxylation is 2. The molecule has 0 aliphatic heterocycles. The molecular formula is C9H12BrN5. The Labute approximate surface area is 96.2 Å². The molecule has 0 aromatic carbocycles. The predicted octanol–water partition coefficient (Wildman–Crippen LogP) is 1.61. The minimum absolute atomic E-state index is 0.701. The molecule has 0 saturated heterocycles. The van der Waals surface area contributed by atoms with Gasteiger partial charge in [0.1, 0.15) is 6.33 Å². The van der Waals surface area contributed by atoms with Crippen LogP contribution in [0.4, 0.5) is 0 Å². The lowest BCUT2D eigenvalue weighted by Gasteiger charge is -1.99. The predicted molar refractivity (Wildman–Crippen MR) is 59.5 cm³/mol. The molecule has 0 fully saturated rings. The van der Waals surface area contributed by atoms with Crippen molar-refractivity contribution in [3.8, 4) is 0 Å². The topological polar surface area (TPSA) is 48.5 Å². The summed E-state index contributed by atoms with van der Waals surface area (Å²) in [6, 6.07) is 0. The zero-order chi connectivity index (χ0) is 10.8. The minimum Gasteiger partial charge on any atom is -0.272 e. The molecule has 2 aromatic heterocycles. The molecule has 0 spiro atoms. The van der Waals surface area contributed by atoms with E-state index in [1.54, 1.807) is 4.68 Å². The summed E-state index contributed by atoms with van der Waals surface area (Å²) in [4.78, 5) is 4.01. The lowest BCUT2D eigenvalue weighted by Crippen LogP contribution is -2.02. The van der Waals surface area contributed by atoms with Crippen molar-refractivity contribution in [3.63, 3.8) is 0 Å². The smallest absolute Gasteiger partial charge is 0.195 e. The highest BCUT2D eigenvalue weighted by molar-refractivity contribution is 9.10. The third kappa shape index (κ3) is 2.09. The van der Waals surface area contributed by atoms with Crippen molar-refractivity contribution >= 4 is 15.9 Å². The van der Waals surface area contributed by atoms with Crippen molar-refractivity contribution in [1.29, 1.82) is 0 Å². The van der Waals surface area contributed by atoms with Crippen molar-refractivity contribution in [2.75, 3.05) is 0 Å². The summed E-state index contributed by atoms with van der Waals surface area (Å²) in [5.74, 6) is 0. The van der Waals surface area contributed by atoms with E-state index in [1.165, 1.54) is 11.9 Å². The van der Waals surface area contributed by atoms with E-state index in [9.17, 15) is 0 Å². The van der Waals surface area contributed by atoms with Gasteiger partial charge >= 0.3 is 0 Å². The molecule has 0 aliphatic carbocycles. The molecule has 0 aliphatic rings. The van der Waals surface area contributed by atoms with Crippen LogP contribution in [0.15, 0.2) is 17.3 Å². The van der Waals surface area contributed by atoms with Crippen LogP contribution in [0.3, 0.4) is 0 Å². The normalized spacial score (nSPS) is 10.9. The van der Waals surface area contributed by atoms with Crippen LogP contribution in [0.25, 0.3) is 0 Å². The molecule has 0 atom stereocenters. The summed E-state index contributed by atoms with van der Waals surface area (Å²) >= 11 is 3.33. The summed E-state index contributed by atoms with van der Waals surface area (Å²) in [7, 11) is 0. The zero-order valence-corrected chi connectivity index (χ0v) is 10.3. The fourth-order valence-electron chi connectivity index (χ4n) is 1.39. The number of halogens is 1. The molecule has 0 radical (unpaired) electrons. The van der Waals surface area contributed by atoms with Crippen molar-refractivity contribution in [2.24, 2.45) is 0 Å². The molecule has 15 heavy (non-hydrogen) atoms. The first kappa shape index (κ1) is 10.4. The maximum absolute atomic E-state index is 4.38. The molecular weight excluding hydrogens is 258 g/mol. The molecule has 2 rings (SSSR count). The average molecular weight is 270 g/mol. The minimum atomic E-state index is 0.701. The Hall–Kier alpha value is -1.17. The average Bonchev–Trinajstić information content (AvgIpc) is 2.76. The summed E-state index contributed by atoms with van der Waals surface area (Å²) in [5, 5.41) is 8.49. The van der Waals surface area contributed by atoms with Gasteiger partial charge in [0.15, 0.2) is 4.73 Å². The van der Waals surface area contributed by atoms with Gasteiger partial charge in [-0.2, -0.15) is 10.2 Å². The van der Waals surface area contributed by atoms with Gasteiger partial charge in [0, 0.05) is 18.3 Å². The van der Waals surface area contributed by atoms with E-state index in [4.69, 9.17) is 0 Å². The maximum atomic E-state index is 4.38. The fourth-order valence-corrected chi connectivity index (χ4v) is 1.70. The second kappa shape index (κ2) is 4.14. The van der Waals surface area contributed by atoms with Gasteiger partial charge in [-0.3, -0.25) is 4.68 Å². The van der Waals surface area contributed by atoms with Crippen molar-refractivity contribution < 1.29 is 0 Å². The molecule has 0 N–H and O–H groups in total. The van der Waals surface area contributed by atoms with Gasteiger partial charge in [0.2, 0.25) is 0 Å². The molecule has 0 saturated carbocycles. The first-order valence-corrected chi connectivity index (χ1v) is 5.56. The van der Waals surface area contributed by atoms with E-state index in [1.807, 2.05) is 17.8 Å². The number of rotatable bonds is 3. The van der Waals surface area contributed by atoms with Gasteiger partial charge in [0.25, 0.3) is 0 Å². The van der Waals surface area contributed by atoms with Crippen molar-refractivity contribution in [1.82, 2.24) is 24.5 Å². The Morgan fingerprint density at radius 1 is 1.47 bits per heavy atom. The first-order chi connectivity index (χ1) is 7.20. The van der Waals surface area contributed by atoms with Crippen LogP contribution in [0.2, 0.25) is 0 Å². The number of hydrogen-bond donors (Lipinski definition) is 0. The summed E-state index contributed by atoms with van der Waals surface area (Å²) in [6.45, 7) is 5.67. The first-order valence-electron chi connectivity index (χ1n) is 4.77. The van der Waals surface area contributed by atoms with Crippen LogP contribution in [-0.4, -0.2) is 24.5 Å². The monoisotopic (exact) mass is 269 g/mol. The molecule has 2 heterocycles. The molecule has 80 valence electrons. The Morgan fingerprint density at radius 3 is 2.80 bits per heavy atom. The Kier molecular flexibility index (Phi) is 2.86. The van der Waals surface area contributed by atoms with Gasteiger partial charge in [-0.15, -0.1) is 0 Å². The van der Waals surface area contributed by atoms with Gasteiger partial charge in [-0.25, -0.2) is 9.67 Å². The van der Waals surface area contributed by atoms with Crippen LogP contribution in [-0.2, 0) is 13.1 Å². The van der Waals surface area contributed by atoms with Crippen LogP contribution < -0.4 is 0 Å². The summed E-state index contributed by atoms with van der Waals surface area (Å²) in [5.41, 5.74) is 2.21. The Balaban J connectivity index is 2.24. The third-order valence-electron chi connectivity index (χ3n) is 2.26. The SMILES string of the molecule is CCn1cc(Cn2ncnc2Br)c(C)n1. The van der Waals surface area contributed by atoms with Crippen LogP contribution in [0.5, 0.6) is 0 Å². The standard InChI is InChI=1S/C9H12BrN5/c1-3-14-4-8(7(2)13-14)5-15-9(10)11-6-12-15/h4,6H,3,5H2,1-2H3. The van der Waals surface area contributed by atoms with Crippen molar-refractivity contribution in [2.45, 2.75) is 26.9 Å². The van der Waals surface area contributed by atoms with Crippen LogP contribution in [0, 0.1) is 6.92 Å². The highest BCUT2D eigenvalue weighted by atomic mass is 79.9. The molecule has 6 heteroatoms. The van der Waals surface area contributed by atoms with Gasteiger partial charge in [0.05, 0.1) is 12.2 Å². The summed E-state index contributed by atoms with van der Waals surface area (Å²) in [6.07, 6.45) is 3.58. The molecule has 0 amide bonds. The number of hydrogen-bond acceptors (Lipinski definition) is 3. The second-order valence-electron chi connectivity index (χ2n) is 3.28. The van der Waals surface area contributed by atoms with E-state index < -0.39 is 0 Å². The van der Waals surface area contributed by atoms with Gasteiger partial charge < -0.3 is 0 Å². The Bertz CT molecular complexity index is 459. The van der Waals surface area contributed by atoms with Crippen molar-refractivity contribution in [3.05, 3.63) is 28.5 Å². The van der Waals surface area contributed by atoms with E-state index in [0.717, 1.165) is 17.0 Å². The van der Waals surface area contributed by atoms with Crippen LogP contribution in [0.1, 0.15) is 18.2 Å². The van der Waals surface area contributed by atoms with E-state index >= 15 is 0 Å². The van der Waals surface area contributed by atoms with E-state index in [-0.39, 0.29) is 0 Å². The van der Waals surface area contributed by atoms with E-state index in [2.05, 4.69) is 38.0 Å². The lowest BCUT2D eigenvalue weighted by molar-refractivity contribution is 0.649. The van der Waals surface area contributed by atoms with Crippen LogP contribution >= 0.6 is 15.9 Å². The lowest BCUT2D eigenvalue weighted by atomic mass is 10.3. The summed E-state index contributed by atoms with van der Waals surface area (Å²) < 4.78 is 4.46. The molecule has 2 aromatic rings. The van der Waals surface area contributed by atoms with Gasteiger partial charge in [-0.05, 0) is 29.8 Å². The van der Waals surface area contributed by atoms with E-state index in [0.29, 0.717) is 6.54 Å². The number of aromatic nitrogens is 5. The fraction of sp³-hybridized carbons (Fsp3) is 0.444. The quantitative estimate of drug-likeness (QED) is 0.851. The largest absolute Gasteiger partial charge is 0.272 e. The second-order valence-corrected chi connectivity index (χ2v) is 3.99. The zero-order valence-electron chi connectivity index (χ0n) is 8.68. The highest BCUT2D eigenvalue weighted by Crippen LogP contribution is 2.11.